The number of carbonyl (C=O) groups excluding carboxylic acids is 1. The average molecular weight is 326 g/mol. The van der Waals surface area contributed by atoms with Gasteiger partial charge in [0.1, 0.15) is 17.1 Å². The van der Waals surface area contributed by atoms with E-state index in [4.69, 9.17) is 4.42 Å². The topological polar surface area (TPSA) is 94.7 Å². The highest BCUT2D eigenvalue weighted by Crippen LogP contribution is 2.26. The van der Waals surface area contributed by atoms with Crippen molar-refractivity contribution in [1.82, 2.24) is 10.6 Å². The number of carbonyl (C=O) groups is 1. The Kier molecular flexibility index (Phi) is 6.65. The van der Waals surface area contributed by atoms with E-state index in [2.05, 4.69) is 10.6 Å². The highest BCUT2D eigenvalue weighted by Gasteiger charge is 2.28. The first kappa shape index (κ1) is 19.5. The van der Waals surface area contributed by atoms with Crippen LogP contribution in [0.3, 0.4) is 0 Å². The average Bonchev–Trinajstić information content (AvgIpc) is 2.81. The standard InChI is InChI=1S/C17H30N2O4/c1-12-9-14(13(2)23-12)17(5,22)10-19-15(21)18-8-6-7-16(3,4)11-20/h9,20,22H,6-8,10-11H2,1-5H3,(H2,18,19,21). The second-order valence-corrected chi connectivity index (χ2v) is 7.14. The van der Waals surface area contributed by atoms with Gasteiger partial charge in [0.25, 0.3) is 0 Å². The van der Waals surface area contributed by atoms with Crippen LogP contribution in [0.2, 0.25) is 0 Å². The molecule has 0 fully saturated rings. The Bertz CT molecular complexity index is 521. The maximum absolute atomic E-state index is 11.8. The number of amides is 2. The van der Waals surface area contributed by atoms with E-state index in [-0.39, 0.29) is 24.6 Å². The van der Waals surface area contributed by atoms with Crippen molar-refractivity contribution in [2.75, 3.05) is 19.7 Å². The van der Waals surface area contributed by atoms with E-state index in [1.54, 1.807) is 19.9 Å². The molecule has 1 unspecified atom stereocenters. The molecule has 2 amide bonds. The summed E-state index contributed by atoms with van der Waals surface area (Å²) in [5.41, 5.74) is -0.628. The molecule has 1 aromatic rings. The molecule has 0 aliphatic carbocycles. The lowest BCUT2D eigenvalue weighted by Gasteiger charge is -2.24. The number of aliphatic hydroxyl groups is 2. The van der Waals surface area contributed by atoms with E-state index in [1.807, 2.05) is 20.8 Å². The predicted molar refractivity (Wildman–Crippen MR) is 89.3 cm³/mol. The summed E-state index contributed by atoms with van der Waals surface area (Å²) in [6, 6.07) is 1.47. The quantitative estimate of drug-likeness (QED) is 0.551. The molecule has 1 heterocycles. The van der Waals surface area contributed by atoms with Crippen LogP contribution in [0.4, 0.5) is 4.79 Å². The molecule has 0 aromatic carbocycles. The lowest BCUT2D eigenvalue weighted by atomic mass is 9.89. The van der Waals surface area contributed by atoms with Gasteiger partial charge in [-0.25, -0.2) is 4.79 Å². The number of rotatable bonds is 8. The Labute approximate surface area is 138 Å². The molecule has 0 saturated heterocycles. The number of urea groups is 1. The molecule has 6 nitrogen and oxygen atoms in total. The molecule has 0 radical (unpaired) electrons. The third-order valence-corrected chi connectivity index (χ3v) is 3.96. The minimum Gasteiger partial charge on any atom is -0.466 e. The first-order chi connectivity index (χ1) is 10.6. The molecule has 132 valence electrons. The zero-order valence-corrected chi connectivity index (χ0v) is 14.8. The van der Waals surface area contributed by atoms with Crippen LogP contribution in [0.25, 0.3) is 0 Å². The maximum atomic E-state index is 11.8. The summed E-state index contributed by atoms with van der Waals surface area (Å²) in [6.07, 6.45) is 1.62. The minimum atomic E-state index is -1.18. The highest BCUT2D eigenvalue weighted by molar-refractivity contribution is 5.73. The van der Waals surface area contributed by atoms with Gasteiger partial charge in [-0.1, -0.05) is 13.8 Å². The second-order valence-electron chi connectivity index (χ2n) is 7.14. The van der Waals surface area contributed by atoms with Crippen molar-refractivity contribution in [3.8, 4) is 0 Å². The molecule has 0 aliphatic heterocycles. The van der Waals surface area contributed by atoms with Crippen LogP contribution in [0.1, 0.15) is 50.7 Å². The summed E-state index contributed by atoms with van der Waals surface area (Å²) in [4.78, 5) is 11.8. The number of aliphatic hydroxyl groups excluding tert-OH is 1. The van der Waals surface area contributed by atoms with Crippen molar-refractivity contribution in [2.45, 2.75) is 53.1 Å². The van der Waals surface area contributed by atoms with Gasteiger partial charge in [0.15, 0.2) is 0 Å². The van der Waals surface area contributed by atoms with Crippen molar-refractivity contribution >= 4 is 6.03 Å². The zero-order valence-electron chi connectivity index (χ0n) is 14.8. The first-order valence-electron chi connectivity index (χ1n) is 8.00. The fraction of sp³-hybridized carbons (Fsp3) is 0.706. The molecular weight excluding hydrogens is 296 g/mol. The van der Waals surface area contributed by atoms with E-state index in [1.165, 1.54) is 0 Å². The summed E-state index contributed by atoms with van der Waals surface area (Å²) >= 11 is 0. The van der Waals surface area contributed by atoms with Crippen LogP contribution in [0, 0.1) is 19.3 Å². The number of hydrogen-bond donors (Lipinski definition) is 4. The number of aryl methyl sites for hydroxylation is 2. The predicted octanol–water partition coefficient (Wildman–Crippen LogP) is 2.20. The van der Waals surface area contributed by atoms with E-state index in [9.17, 15) is 15.0 Å². The van der Waals surface area contributed by atoms with Gasteiger partial charge < -0.3 is 25.3 Å². The third-order valence-electron chi connectivity index (χ3n) is 3.96. The molecule has 0 spiro atoms. The maximum Gasteiger partial charge on any atom is 0.314 e. The summed E-state index contributed by atoms with van der Waals surface area (Å²) in [6.45, 7) is 9.99. The van der Waals surface area contributed by atoms with Crippen LogP contribution >= 0.6 is 0 Å². The monoisotopic (exact) mass is 326 g/mol. The van der Waals surface area contributed by atoms with Crippen molar-refractivity contribution in [1.29, 1.82) is 0 Å². The zero-order chi connectivity index (χ0) is 17.7. The van der Waals surface area contributed by atoms with Crippen molar-refractivity contribution in [3.63, 3.8) is 0 Å². The number of nitrogens with one attached hydrogen (secondary N) is 2. The van der Waals surface area contributed by atoms with Crippen LogP contribution in [0.15, 0.2) is 10.5 Å². The number of furan rings is 1. The van der Waals surface area contributed by atoms with Gasteiger partial charge in [-0.2, -0.15) is 0 Å². The van der Waals surface area contributed by atoms with E-state index in [0.717, 1.165) is 18.6 Å². The van der Waals surface area contributed by atoms with E-state index in [0.29, 0.717) is 17.9 Å². The van der Waals surface area contributed by atoms with Gasteiger partial charge in [0, 0.05) is 18.7 Å². The molecule has 0 saturated carbocycles. The largest absolute Gasteiger partial charge is 0.466 e. The summed E-state index contributed by atoms with van der Waals surface area (Å²) < 4.78 is 5.42. The summed E-state index contributed by atoms with van der Waals surface area (Å²) in [7, 11) is 0. The van der Waals surface area contributed by atoms with Gasteiger partial charge in [0.2, 0.25) is 0 Å². The SMILES string of the molecule is Cc1cc(C(C)(O)CNC(=O)NCCCC(C)(C)CO)c(C)o1. The summed E-state index contributed by atoms with van der Waals surface area (Å²) in [5.74, 6) is 1.38. The van der Waals surface area contributed by atoms with Gasteiger partial charge in [-0.3, -0.25) is 0 Å². The van der Waals surface area contributed by atoms with Crippen molar-refractivity contribution in [2.24, 2.45) is 5.41 Å². The normalized spacial score (nSPS) is 14.4. The Hall–Kier alpha value is -1.53. The summed E-state index contributed by atoms with van der Waals surface area (Å²) in [5, 5.41) is 25.1. The van der Waals surface area contributed by atoms with E-state index >= 15 is 0 Å². The van der Waals surface area contributed by atoms with E-state index < -0.39 is 5.60 Å². The Morgan fingerprint density at radius 1 is 1.26 bits per heavy atom. The van der Waals surface area contributed by atoms with Crippen LogP contribution < -0.4 is 10.6 Å². The molecule has 1 aromatic heterocycles. The van der Waals surface area contributed by atoms with Gasteiger partial charge in [-0.15, -0.1) is 0 Å². The van der Waals surface area contributed by atoms with Crippen molar-refractivity contribution in [3.05, 3.63) is 23.2 Å². The molecule has 0 aliphatic rings. The molecule has 0 bridgehead atoms. The third kappa shape index (κ3) is 6.23. The van der Waals surface area contributed by atoms with Crippen LogP contribution in [0.5, 0.6) is 0 Å². The number of hydrogen-bond acceptors (Lipinski definition) is 4. The Balaban J connectivity index is 2.37. The van der Waals surface area contributed by atoms with Crippen LogP contribution in [-0.4, -0.2) is 35.9 Å². The fourth-order valence-electron chi connectivity index (χ4n) is 2.42. The molecule has 4 N–H and O–H groups in total. The lowest BCUT2D eigenvalue weighted by molar-refractivity contribution is 0.0579. The van der Waals surface area contributed by atoms with Gasteiger partial charge >= 0.3 is 6.03 Å². The Morgan fingerprint density at radius 2 is 1.91 bits per heavy atom. The van der Waals surface area contributed by atoms with Gasteiger partial charge in [0.05, 0.1) is 6.54 Å². The molecule has 23 heavy (non-hydrogen) atoms. The first-order valence-corrected chi connectivity index (χ1v) is 8.00. The van der Waals surface area contributed by atoms with Gasteiger partial charge in [-0.05, 0) is 45.1 Å². The minimum absolute atomic E-state index is 0.0980. The van der Waals surface area contributed by atoms with Crippen molar-refractivity contribution < 1.29 is 19.4 Å². The smallest absolute Gasteiger partial charge is 0.314 e. The molecular formula is C17H30N2O4. The fourth-order valence-corrected chi connectivity index (χ4v) is 2.42. The molecule has 6 heteroatoms. The molecule has 1 rings (SSSR count). The molecule has 1 atom stereocenters. The lowest BCUT2D eigenvalue weighted by Crippen LogP contribution is -2.43. The highest BCUT2D eigenvalue weighted by atomic mass is 16.3. The van der Waals surface area contributed by atoms with Crippen LogP contribution in [-0.2, 0) is 5.60 Å². The Morgan fingerprint density at radius 3 is 2.43 bits per heavy atom. The second kappa shape index (κ2) is 7.84.